The van der Waals surface area contributed by atoms with Crippen LogP contribution in [0.5, 0.6) is 0 Å². The Morgan fingerprint density at radius 3 is 2.74 bits per heavy atom. The van der Waals surface area contributed by atoms with E-state index in [1.165, 1.54) is 56.2 Å². The summed E-state index contributed by atoms with van der Waals surface area (Å²) < 4.78 is 0. The van der Waals surface area contributed by atoms with Crippen LogP contribution in [0.15, 0.2) is 18.2 Å². The largest absolute Gasteiger partial charge is 0.368 e. The van der Waals surface area contributed by atoms with Gasteiger partial charge in [0.2, 0.25) is 0 Å². The number of aryl methyl sites for hydroxylation is 1. The lowest BCUT2D eigenvalue weighted by molar-refractivity contribution is 0.341. The molecular formula is C16H25BN2. The van der Waals surface area contributed by atoms with E-state index in [1.54, 1.807) is 5.56 Å². The fraction of sp³-hybridized carbons (Fsp3) is 0.625. The van der Waals surface area contributed by atoms with E-state index in [9.17, 15) is 0 Å². The second-order valence-electron chi connectivity index (χ2n) is 6.22. The number of hydrogen-bond donors (Lipinski definition) is 1. The molecule has 1 saturated carbocycles. The average Bonchev–Trinajstić information content (AvgIpc) is 2.46. The summed E-state index contributed by atoms with van der Waals surface area (Å²) in [7, 11) is 4.31. The van der Waals surface area contributed by atoms with Crippen molar-refractivity contribution in [1.82, 2.24) is 5.32 Å². The Hall–Kier alpha value is -0.955. The molecule has 1 aromatic carbocycles. The van der Waals surface area contributed by atoms with E-state index >= 15 is 0 Å². The summed E-state index contributed by atoms with van der Waals surface area (Å²) in [6.45, 7) is 1.25. The molecule has 1 aromatic rings. The predicted molar refractivity (Wildman–Crippen MR) is 85.4 cm³/mol. The maximum absolute atomic E-state index is 3.44. The molecular weight excluding hydrogens is 231 g/mol. The zero-order valence-electron chi connectivity index (χ0n) is 12.3. The van der Waals surface area contributed by atoms with Crippen LogP contribution in [0.25, 0.3) is 0 Å². The molecule has 1 N–H and O–H groups in total. The second-order valence-corrected chi connectivity index (χ2v) is 6.22. The lowest BCUT2D eigenvalue weighted by Gasteiger charge is -2.41. The molecule has 0 spiro atoms. The molecule has 0 amide bonds. The molecule has 0 radical (unpaired) electrons. The topological polar surface area (TPSA) is 15.3 Å². The smallest absolute Gasteiger partial charge is 0.139 e. The molecule has 3 rings (SSSR count). The van der Waals surface area contributed by atoms with E-state index in [1.807, 2.05) is 0 Å². The van der Waals surface area contributed by atoms with Crippen molar-refractivity contribution in [2.75, 3.05) is 18.5 Å². The number of fused-ring (bicyclic) bond motifs is 1. The molecule has 1 fully saturated rings. The van der Waals surface area contributed by atoms with Gasteiger partial charge in [-0.25, -0.2) is 0 Å². The molecule has 0 saturated heterocycles. The number of nitrogens with zero attached hydrogens (tertiary/aromatic N) is 1. The van der Waals surface area contributed by atoms with E-state index in [0.717, 1.165) is 12.1 Å². The van der Waals surface area contributed by atoms with Crippen molar-refractivity contribution in [1.29, 1.82) is 0 Å². The highest BCUT2D eigenvalue weighted by Gasteiger charge is 2.28. The van der Waals surface area contributed by atoms with Crippen molar-refractivity contribution in [2.45, 2.75) is 50.6 Å². The van der Waals surface area contributed by atoms with Gasteiger partial charge in [-0.2, -0.15) is 0 Å². The Morgan fingerprint density at radius 2 is 2.00 bits per heavy atom. The predicted octanol–water partition coefficient (Wildman–Crippen LogP) is 1.23. The van der Waals surface area contributed by atoms with Gasteiger partial charge in [0, 0.05) is 24.3 Å². The Bertz CT molecular complexity index is 438. The van der Waals surface area contributed by atoms with Crippen LogP contribution in [0.4, 0.5) is 5.69 Å². The highest BCUT2D eigenvalue weighted by Crippen LogP contribution is 2.32. The lowest BCUT2D eigenvalue weighted by atomic mass is 9.86. The van der Waals surface area contributed by atoms with Crippen molar-refractivity contribution < 1.29 is 0 Å². The molecule has 102 valence electrons. The molecule has 0 atom stereocenters. The fourth-order valence-electron chi connectivity index (χ4n) is 3.81. The van der Waals surface area contributed by atoms with Gasteiger partial charge in [0.05, 0.1) is 0 Å². The highest BCUT2D eigenvalue weighted by atomic mass is 15.2. The summed E-state index contributed by atoms with van der Waals surface area (Å²) in [4.78, 5) is 2.70. The summed E-state index contributed by atoms with van der Waals surface area (Å²) >= 11 is 0. The van der Waals surface area contributed by atoms with Crippen molar-refractivity contribution >= 4 is 19.0 Å². The van der Waals surface area contributed by atoms with Crippen LogP contribution in [0, 0.1) is 0 Å². The van der Waals surface area contributed by atoms with Crippen LogP contribution in [0.2, 0.25) is 0 Å². The first kappa shape index (κ1) is 13.0. The van der Waals surface area contributed by atoms with E-state index in [2.05, 4.69) is 43.3 Å². The number of rotatable bonds is 2. The van der Waals surface area contributed by atoms with Gasteiger partial charge >= 0.3 is 0 Å². The van der Waals surface area contributed by atoms with Crippen LogP contribution < -0.4 is 15.7 Å². The van der Waals surface area contributed by atoms with Gasteiger partial charge in [-0.05, 0) is 57.2 Å². The molecule has 2 nitrogen and oxygen atoms in total. The molecule has 1 aliphatic heterocycles. The van der Waals surface area contributed by atoms with Crippen LogP contribution in [-0.4, -0.2) is 33.5 Å². The van der Waals surface area contributed by atoms with Gasteiger partial charge in [-0.3, -0.25) is 0 Å². The monoisotopic (exact) mass is 256 g/mol. The van der Waals surface area contributed by atoms with Crippen LogP contribution in [0.3, 0.4) is 0 Å². The molecule has 19 heavy (non-hydrogen) atoms. The molecule has 1 aliphatic carbocycles. The molecule has 1 heterocycles. The zero-order valence-corrected chi connectivity index (χ0v) is 12.3. The minimum atomic E-state index is 0.749. The number of anilines is 1. The van der Waals surface area contributed by atoms with Gasteiger partial charge < -0.3 is 10.2 Å². The normalized spacial score (nSPS) is 27.1. The number of nitrogens with one attached hydrogen (secondary N) is 1. The SMILES string of the molecule is Bc1ccc2c(c1)CCCN2C1CCC(NC)CC1. The van der Waals surface area contributed by atoms with E-state index in [-0.39, 0.29) is 0 Å². The maximum atomic E-state index is 3.44. The molecule has 0 aromatic heterocycles. The second kappa shape index (κ2) is 5.58. The molecule has 2 aliphatic rings. The number of hydrogen-bond acceptors (Lipinski definition) is 2. The van der Waals surface area contributed by atoms with Crippen LogP contribution in [-0.2, 0) is 6.42 Å². The lowest BCUT2D eigenvalue weighted by Crippen LogP contribution is -2.44. The minimum absolute atomic E-state index is 0.749. The summed E-state index contributed by atoms with van der Waals surface area (Å²) in [6.07, 6.45) is 7.94. The van der Waals surface area contributed by atoms with Crippen LogP contribution in [0.1, 0.15) is 37.7 Å². The Morgan fingerprint density at radius 1 is 1.21 bits per heavy atom. The first-order chi connectivity index (χ1) is 9.28. The van der Waals surface area contributed by atoms with Crippen LogP contribution >= 0.6 is 0 Å². The zero-order chi connectivity index (χ0) is 13.2. The van der Waals surface area contributed by atoms with Gasteiger partial charge in [-0.15, -0.1) is 0 Å². The van der Waals surface area contributed by atoms with E-state index < -0.39 is 0 Å². The minimum Gasteiger partial charge on any atom is -0.368 e. The van der Waals surface area contributed by atoms with Crippen molar-refractivity contribution in [3.63, 3.8) is 0 Å². The quantitative estimate of drug-likeness (QED) is 0.801. The average molecular weight is 256 g/mol. The van der Waals surface area contributed by atoms with Gasteiger partial charge in [-0.1, -0.05) is 17.6 Å². The van der Waals surface area contributed by atoms with Gasteiger partial charge in [0.1, 0.15) is 7.85 Å². The third kappa shape index (κ3) is 2.67. The summed E-state index contributed by atoms with van der Waals surface area (Å²) in [6, 6.07) is 8.54. The Labute approximate surface area is 118 Å². The Kier molecular flexibility index (Phi) is 3.83. The maximum Gasteiger partial charge on any atom is 0.139 e. The summed E-state index contributed by atoms with van der Waals surface area (Å²) in [5.74, 6) is 0. The fourth-order valence-corrected chi connectivity index (χ4v) is 3.81. The standard InChI is InChI=1S/C16H25BN2/c1-18-14-5-7-15(8-6-14)19-10-2-3-12-11-13(17)4-9-16(12)19/h4,9,11,14-15,18H,2-3,5-8,10,17H2,1H3. The summed E-state index contributed by atoms with van der Waals surface area (Å²) in [5.41, 5.74) is 4.49. The van der Waals surface area contributed by atoms with Gasteiger partial charge in [0.25, 0.3) is 0 Å². The third-order valence-electron chi connectivity index (χ3n) is 4.94. The van der Waals surface area contributed by atoms with Crippen molar-refractivity contribution in [2.24, 2.45) is 0 Å². The first-order valence-electron chi connectivity index (χ1n) is 7.81. The van der Waals surface area contributed by atoms with E-state index in [0.29, 0.717) is 0 Å². The van der Waals surface area contributed by atoms with E-state index in [4.69, 9.17) is 0 Å². The number of benzene rings is 1. The molecule has 0 unspecified atom stereocenters. The van der Waals surface area contributed by atoms with Crippen molar-refractivity contribution in [3.05, 3.63) is 23.8 Å². The third-order valence-corrected chi connectivity index (χ3v) is 4.94. The highest BCUT2D eigenvalue weighted by molar-refractivity contribution is 6.32. The van der Waals surface area contributed by atoms with Crippen molar-refractivity contribution in [3.8, 4) is 0 Å². The first-order valence-corrected chi connectivity index (χ1v) is 7.81. The molecule has 0 bridgehead atoms. The Balaban J connectivity index is 1.77. The van der Waals surface area contributed by atoms with Gasteiger partial charge in [0.15, 0.2) is 0 Å². The molecule has 3 heteroatoms. The summed E-state index contributed by atoms with van der Waals surface area (Å²) in [5, 5.41) is 3.44.